The molecule has 2 aromatic heterocycles. The number of nitrogens with two attached hydrogens (primary N) is 1. The lowest BCUT2D eigenvalue weighted by atomic mass is 10.0. The minimum Gasteiger partial charge on any atom is -0.489 e. The summed E-state index contributed by atoms with van der Waals surface area (Å²) in [5.74, 6) is 1.17. The van der Waals surface area contributed by atoms with Crippen LogP contribution in [0.2, 0.25) is 15.1 Å². The molecule has 4 N–H and O–H groups in total. The number of carboxylic acids is 1. The third kappa shape index (κ3) is 9.53. The van der Waals surface area contributed by atoms with Crippen LogP contribution in [0.25, 0.3) is 23.4 Å². The average molecular weight is 772 g/mol. The Bertz CT molecular complexity index is 2080. The molecule has 0 bridgehead atoms. The van der Waals surface area contributed by atoms with Crippen molar-refractivity contribution in [2.24, 2.45) is 0 Å². The lowest BCUT2D eigenvalue weighted by molar-refractivity contribution is -0.00629. The van der Waals surface area contributed by atoms with E-state index >= 15 is 0 Å². The molecule has 0 spiro atoms. The molecule has 0 radical (unpaired) electrons. The number of anilines is 1. The number of rotatable bonds is 10. The van der Waals surface area contributed by atoms with Gasteiger partial charge in [-0.05, 0) is 59.7 Å². The fourth-order valence-corrected chi connectivity index (χ4v) is 6.76. The summed E-state index contributed by atoms with van der Waals surface area (Å²) < 4.78 is 18.5. The van der Waals surface area contributed by atoms with Gasteiger partial charge in [0.2, 0.25) is 0 Å². The first-order valence-corrected chi connectivity index (χ1v) is 17.7. The van der Waals surface area contributed by atoms with E-state index in [9.17, 15) is 9.59 Å². The largest absolute Gasteiger partial charge is 0.489 e. The number of aromatic carboxylic acids is 1. The fraction of sp³-hybridized carbons (Fsp3) is 0.222. The van der Waals surface area contributed by atoms with Crippen LogP contribution in [-0.2, 0) is 11.3 Å². The third-order valence-electron chi connectivity index (χ3n) is 7.53. The molecule has 0 amide bonds. The van der Waals surface area contributed by atoms with E-state index in [4.69, 9.17) is 64.7 Å². The van der Waals surface area contributed by atoms with Crippen LogP contribution in [0.15, 0.2) is 82.2 Å². The summed E-state index contributed by atoms with van der Waals surface area (Å²) in [7, 11) is 0. The molecule has 15 heteroatoms. The van der Waals surface area contributed by atoms with Crippen molar-refractivity contribution in [3.05, 3.63) is 126 Å². The number of nitrogen functional groups attached to an aromatic ring is 1. The number of nitrogens with zero attached hydrogens (tertiary/aromatic N) is 3. The molecule has 3 heterocycles. The van der Waals surface area contributed by atoms with Gasteiger partial charge in [-0.2, -0.15) is 4.98 Å². The minimum absolute atomic E-state index is 0.0572. The number of ether oxygens (including phenoxy) is 2. The van der Waals surface area contributed by atoms with Gasteiger partial charge in [0.05, 0.1) is 32.8 Å². The Morgan fingerprint density at radius 2 is 1.82 bits per heavy atom. The van der Waals surface area contributed by atoms with E-state index in [1.807, 2.05) is 38.1 Å². The van der Waals surface area contributed by atoms with Crippen LogP contribution >= 0.6 is 46.6 Å². The van der Waals surface area contributed by atoms with E-state index in [1.54, 1.807) is 60.8 Å². The number of aliphatic hydroxyl groups excluding tert-OH is 1. The first kappa shape index (κ1) is 37.9. The van der Waals surface area contributed by atoms with Gasteiger partial charge < -0.3 is 29.9 Å². The minimum atomic E-state index is -0.974. The van der Waals surface area contributed by atoms with Crippen LogP contribution in [0.5, 0.6) is 5.75 Å². The summed E-state index contributed by atoms with van der Waals surface area (Å²) in [6, 6.07) is 18.8. The summed E-state index contributed by atoms with van der Waals surface area (Å²) in [4.78, 5) is 26.2. The standard InChI is InChI=1S/C28H22Cl3NO4.C8H11N3O3S/c1-16(2)27-21(26(32-36-27)25-22(29)7-4-8-23(25)30)15-35-20-12-11-18(24(31)14-20)10-9-17-5-3-6-19(13-17)28(33)34;9-5-1-2-11(8(13)10-5)6-4-15-7(3-12)14-6/h3-14,16H,15H2,1-2H3,(H,33,34);1-2,6-7,12H,3-4H2,(H2,9,10,13)/b10-9+;/t;6-,7+/m.0/s1. The van der Waals surface area contributed by atoms with Gasteiger partial charge in [0.25, 0.3) is 0 Å². The maximum atomic E-state index is 11.4. The quantitative estimate of drug-likeness (QED) is 0.117. The Morgan fingerprint density at radius 1 is 1.08 bits per heavy atom. The highest BCUT2D eigenvalue weighted by atomic mass is 35.5. The molecule has 0 unspecified atom stereocenters. The first-order valence-electron chi connectivity index (χ1n) is 15.5. The smallest absolute Gasteiger partial charge is 0.351 e. The van der Waals surface area contributed by atoms with Gasteiger partial charge in [0, 0.05) is 23.4 Å². The van der Waals surface area contributed by atoms with Gasteiger partial charge in [-0.3, -0.25) is 4.57 Å². The van der Waals surface area contributed by atoms with Gasteiger partial charge >= 0.3 is 11.7 Å². The average Bonchev–Trinajstić information content (AvgIpc) is 3.75. The second kappa shape index (κ2) is 17.3. The number of carboxylic acid groups (broad SMARTS) is 1. The highest BCUT2D eigenvalue weighted by Gasteiger charge is 2.27. The predicted octanol–water partition coefficient (Wildman–Crippen LogP) is 8.28. The predicted molar refractivity (Wildman–Crippen MR) is 201 cm³/mol. The van der Waals surface area contributed by atoms with Crippen LogP contribution in [0.3, 0.4) is 0 Å². The lowest BCUT2D eigenvalue weighted by Crippen LogP contribution is -2.28. The second-order valence-corrected chi connectivity index (χ2v) is 13.9. The summed E-state index contributed by atoms with van der Waals surface area (Å²) >= 11 is 20.8. The van der Waals surface area contributed by atoms with E-state index in [-0.39, 0.29) is 42.2 Å². The van der Waals surface area contributed by atoms with Crippen LogP contribution in [0.1, 0.15) is 58.8 Å². The summed E-state index contributed by atoms with van der Waals surface area (Å²) in [5.41, 5.74) is 8.32. The molecule has 6 rings (SSSR count). The normalized spacial score (nSPS) is 15.6. The molecule has 0 aliphatic carbocycles. The molecular weight excluding hydrogens is 739 g/mol. The van der Waals surface area contributed by atoms with Crippen molar-refractivity contribution in [2.45, 2.75) is 38.0 Å². The van der Waals surface area contributed by atoms with Crippen molar-refractivity contribution in [1.29, 1.82) is 0 Å². The molecule has 266 valence electrons. The van der Waals surface area contributed by atoms with E-state index < -0.39 is 11.7 Å². The molecule has 1 aliphatic rings. The molecule has 51 heavy (non-hydrogen) atoms. The van der Waals surface area contributed by atoms with Crippen LogP contribution in [-0.4, -0.2) is 48.7 Å². The number of hydrogen-bond donors (Lipinski definition) is 3. The van der Waals surface area contributed by atoms with E-state index in [0.29, 0.717) is 43.6 Å². The van der Waals surface area contributed by atoms with Crippen molar-refractivity contribution in [2.75, 3.05) is 18.1 Å². The summed E-state index contributed by atoms with van der Waals surface area (Å²) in [6.45, 7) is 4.14. The topological polar surface area (TPSA) is 163 Å². The van der Waals surface area contributed by atoms with E-state index in [0.717, 1.165) is 16.7 Å². The molecule has 5 aromatic rings. The highest BCUT2D eigenvalue weighted by Crippen LogP contribution is 2.39. The number of benzene rings is 3. The first-order chi connectivity index (χ1) is 24.4. The fourth-order valence-electron chi connectivity index (χ4n) is 5.02. The maximum Gasteiger partial charge on any atom is 0.351 e. The van der Waals surface area contributed by atoms with Crippen molar-refractivity contribution in [3.63, 3.8) is 0 Å². The third-order valence-corrected chi connectivity index (χ3v) is 9.60. The van der Waals surface area contributed by atoms with Crippen molar-refractivity contribution in [1.82, 2.24) is 14.7 Å². The van der Waals surface area contributed by atoms with Gasteiger partial charge in [0.1, 0.15) is 41.3 Å². The number of aliphatic hydroxyl groups is 1. The van der Waals surface area contributed by atoms with Gasteiger partial charge in [-0.1, -0.05) is 84.2 Å². The zero-order valence-electron chi connectivity index (χ0n) is 27.3. The number of halogens is 3. The van der Waals surface area contributed by atoms with E-state index in [2.05, 4.69) is 10.1 Å². The van der Waals surface area contributed by atoms with Crippen LogP contribution in [0.4, 0.5) is 5.82 Å². The van der Waals surface area contributed by atoms with Gasteiger partial charge in [-0.15, -0.1) is 11.8 Å². The molecule has 2 atom stereocenters. The Morgan fingerprint density at radius 3 is 2.47 bits per heavy atom. The van der Waals surface area contributed by atoms with Crippen molar-refractivity contribution >= 4 is 70.5 Å². The number of thioether (sulfide) groups is 1. The molecule has 1 fully saturated rings. The Balaban J connectivity index is 0.000000279. The molecule has 3 aromatic carbocycles. The Hall–Kier alpha value is -4.30. The zero-order chi connectivity index (χ0) is 36.7. The molecule has 1 saturated heterocycles. The summed E-state index contributed by atoms with van der Waals surface area (Å²) in [6.07, 6.45) is 4.81. The number of carbonyl (C=O) groups is 1. The van der Waals surface area contributed by atoms with Crippen LogP contribution < -0.4 is 16.2 Å². The lowest BCUT2D eigenvalue weighted by Gasteiger charge is -2.13. The van der Waals surface area contributed by atoms with Gasteiger partial charge in [-0.25, -0.2) is 9.59 Å². The number of aromatic nitrogens is 3. The molecular formula is C36H33Cl3N4O7S. The Kier molecular flexibility index (Phi) is 12.9. The van der Waals surface area contributed by atoms with Gasteiger partial charge in [0.15, 0.2) is 0 Å². The molecule has 1 aliphatic heterocycles. The SMILES string of the molecule is CC(C)c1onc(-c2c(Cl)cccc2Cl)c1COc1ccc(/C=C/c2cccc(C(=O)O)c2)c(Cl)c1.Nc1ccn([C@@H]2CS[C@H](CO)O2)c(=O)n1. The monoisotopic (exact) mass is 770 g/mol. The number of hydrogen-bond acceptors (Lipinski definition) is 10. The Labute approximate surface area is 312 Å². The maximum absolute atomic E-state index is 11.4. The van der Waals surface area contributed by atoms with E-state index in [1.165, 1.54) is 16.3 Å². The molecule has 11 nitrogen and oxygen atoms in total. The summed E-state index contributed by atoms with van der Waals surface area (Å²) in [5, 5.41) is 23.7. The second-order valence-electron chi connectivity index (χ2n) is 11.4. The highest BCUT2D eigenvalue weighted by molar-refractivity contribution is 8.00. The zero-order valence-corrected chi connectivity index (χ0v) is 30.4. The van der Waals surface area contributed by atoms with Crippen LogP contribution in [0, 0.1) is 0 Å². The van der Waals surface area contributed by atoms with Crippen molar-refractivity contribution in [3.8, 4) is 17.0 Å². The molecule has 0 saturated carbocycles. The van der Waals surface area contributed by atoms with Crippen molar-refractivity contribution < 1.29 is 29.0 Å².